The predicted molar refractivity (Wildman–Crippen MR) is 69.5 cm³/mol. The predicted octanol–water partition coefficient (Wildman–Crippen LogP) is 5.17. The summed E-state index contributed by atoms with van der Waals surface area (Å²) in [4.78, 5) is 0. The van der Waals surface area contributed by atoms with Gasteiger partial charge in [0.2, 0.25) is 0 Å². The highest BCUT2D eigenvalue weighted by Crippen LogP contribution is 2.23. The molecular formula is C13H11BrN2. The Bertz CT molecular complexity index is 507. The van der Waals surface area contributed by atoms with Crippen LogP contribution in [0.4, 0.5) is 11.4 Å². The molecule has 0 atom stereocenters. The lowest BCUT2D eigenvalue weighted by atomic mass is 10.2. The summed E-state index contributed by atoms with van der Waals surface area (Å²) in [6, 6.07) is 15.6. The minimum atomic E-state index is 0.864. The molecule has 80 valence electrons. The first-order valence-corrected chi connectivity index (χ1v) is 5.78. The second-order valence-electron chi connectivity index (χ2n) is 3.47. The number of hydrogen-bond donors (Lipinski definition) is 0. The molecule has 16 heavy (non-hydrogen) atoms. The van der Waals surface area contributed by atoms with Crippen molar-refractivity contribution in [2.75, 3.05) is 0 Å². The van der Waals surface area contributed by atoms with Crippen molar-refractivity contribution in [3.63, 3.8) is 0 Å². The van der Waals surface area contributed by atoms with Gasteiger partial charge in [0.1, 0.15) is 0 Å². The number of azo groups is 1. The lowest BCUT2D eigenvalue weighted by Crippen LogP contribution is -1.73. The molecule has 2 aromatic rings. The lowest BCUT2D eigenvalue weighted by Gasteiger charge is -1.98. The van der Waals surface area contributed by atoms with Crippen molar-refractivity contribution in [2.24, 2.45) is 10.2 Å². The molecule has 0 N–H and O–H groups in total. The molecule has 0 heterocycles. The van der Waals surface area contributed by atoms with Crippen LogP contribution < -0.4 is 0 Å². The first-order chi connectivity index (χ1) is 7.75. The molecule has 0 spiro atoms. The molecule has 2 aromatic carbocycles. The summed E-state index contributed by atoms with van der Waals surface area (Å²) in [6.45, 7) is 2.03. The molecule has 0 fully saturated rings. The van der Waals surface area contributed by atoms with Gasteiger partial charge in [0, 0.05) is 4.47 Å². The van der Waals surface area contributed by atoms with Gasteiger partial charge in [0.15, 0.2) is 0 Å². The maximum Gasteiger partial charge on any atom is 0.0860 e. The number of nitrogens with zero attached hydrogens (tertiary/aromatic N) is 2. The van der Waals surface area contributed by atoms with E-state index in [0.29, 0.717) is 0 Å². The van der Waals surface area contributed by atoms with Crippen LogP contribution in [0.1, 0.15) is 5.56 Å². The summed E-state index contributed by atoms with van der Waals surface area (Å²) < 4.78 is 1.09. The summed E-state index contributed by atoms with van der Waals surface area (Å²) in [7, 11) is 0. The van der Waals surface area contributed by atoms with Gasteiger partial charge in [-0.25, -0.2) is 0 Å². The molecule has 2 rings (SSSR count). The highest BCUT2D eigenvalue weighted by Gasteiger charge is 1.95. The van der Waals surface area contributed by atoms with E-state index >= 15 is 0 Å². The summed E-state index contributed by atoms with van der Waals surface area (Å²) >= 11 is 3.45. The molecule has 0 saturated heterocycles. The topological polar surface area (TPSA) is 24.7 Å². The van der Waals surface area contributed by atoms with E-state index in [9.17, 15) is 0 Å². The molecule has 0 amide bonds. The minimum Gasteiger partial charge on any atom is -0.151 e. The van der Waals surface area contributed by atoms with Crippen LogP contribution in [0.15, 0.2) is 63.2 Å². The van der Waals surface area contributed by atoms with Crippen molar-refractivity contribution < 1.29 is 0 Å². The Morgan fingerprint density at radius 1 is 0.875 bits per heavy atom. The Balaban J connectivity index is 2.21. The van der Waals surface area contributed by atoms with Gasteiger partial charge in [-0.15, -0.1) is 0 Å². The van der Waals surface area contributed by atoms with E-state index in [4.69, 9.17) is 0 Å². The van der Waals surface area contributed by atoms with Gasteiger partial charge < -0.3 is 0 Å². The minimum absolute atomic E-state index is 0.864. The van der Waals surface area contributed by atoms with Gasteiger partial charge in [-0.2, -0.15) is 10.2 Å². The number of halogens is 1. The van der Waals surface area contributed by atoms with Crippen LogP contribution in [0.5, 0.6) is 0 Å². The highest BCUT2D eigenvalue weighted by atomic mass is 79.9. The monoisotopic (exact) mass is 274 g/mol. The standard InChI is InChI=1S/C13H11BrN2/c1-10-9-12(7-8-13(10)14)16-15-11-5-3-2-4-6-11/h2-9H,1H3. The second kappa shape index (κ2) is 5.03. The van der Waals surface area contributed by atoms with E-state index in [1.54, 1.807) is 0 Å². The molecule has 0 bridgehead atoms. The third kappa shape index (κ3) is 2.76. The Kier molecular flexibility index (Phi) is 3.47. The van der Waals surface area contributed by atoms with Gasteiger partial charge >= 0.3 is 0 Å². The number of hydrogen-bond acceptors (Lipinski definition) is 2. The third-order valence-electron chi connectivity index (χ3n) is 2.18. The summed E-state index contributed by atoms with van der Waals surface area (Å²) in [5.41, 5.74) is 2.89. The fourth-order valence-corrected chi connectivity index (χ4v) is 1.55. The molecular weight excluding hydrogens is 264 g/mol. The van der Waals surface area contributed by atoms with Crippen molar-refractivity contribution in [2.45, 2.75) is 6.92 Å². The van der Waals surface area contributed by atoms with Gasteiger partial charge in [0.25, 0.3) is 0 Å². The largest absolute Gasteiger partial charge is 0.151 e. The Hall–Kier alpha value is -1.48. The molecule has 0 aromatic heterocycles. The van der Waals surface area contributed by atoms with Crippen molar-refractivity contribution in [3.8, 4) is 0 Å². The Labute approximate surface area is 103 Å². The fraction of sp³-hybridized carbons (Fsp3) is 0.0769. The molecule has 0 unspecified atom stereocenters. The zero-order valence-electron chi connectivity index (χ0n) is 8.89. The molecule has 2 nitrogen and oxygen atoms in total. The molecule has 0 aliphatic heterocycles. The average Bonchev–Trinajstić information content (AvgIpc) is 2.32. The lowest BCUT2D eigenvalue weighted by molar-refractivity contribution is 1.22. The zero-order chi connectivity index (χ0) is 11.4. The number of aryl methyl sites for hydroxylation is 1. The maximum absolute atomic E-state index is 4.18. The van der Waals surface area contributed by atoms with E-state index in [-0.39, 0.29) is 0 Å². The molecule has 3 heteroatoms. The van der Waals surface area contributed by atoms with E-state index in [2.05, 4.69) is 26.2 Å². The van der Waals surface area contributed by atoms with E-state index in [0.717, 1.165) is 21.4 Å². The van der Waals surface area contributed by atoms with E-state index < -0.39 is 0 Å². The summed E-state index contributed by atoms with van der Waals surface area (Å²) in [6.07, 6.45) is 0. The van der Waals surface area contributed by atoms with Crippen LogP contribution in [-0.2, 0) is 0 Å². The molecule has 0 saturated carbocycles. The van der Waals surface area contributed by atoms with Crippen LogP contribution in [-0.4, -0.2) is 0 Å². The van der Waals surface area contributed by atoms with Crippen LogP contribution in [0.3, 0.4) is 0 Å². The highest BCUT2D eigenvalue weighted by molar-refractivity contribution is 9.10. The van der Waals surface area contributed by atoms with Crippen LogP contribution in [0, 0.1) is 6.92 Å². The zero-order valence-corrected chi connectivity index (χ0v) is 10.5. The average molecular weight is 275 g/mol. The SMILES string of the molecule is Cc1cc(N=Nc2ccccc2)ccc1Br. The Morgan fingerprint density at radius 2 is 1.56 bits per heavy atom. The van der Waals surface area contributed by atoms with Gasteiger partial charge in [-0.05, 0) is 42.8 Å². The third-order valence-corrected chi connectivity index (χ3v) is 3.07. The maximum atomic E-state index is 4.18. The smallest absolute Gasteiger partial charge is 0.0860 e. The molecule has 0 aliphatic carbocycles. The quantitative estimate of drug-likeness (QED) is 0.675. The fourth-order valence-electron chi connectivity index (χ4n) is 1.30. The summed E-state index contributed by atoms with van der Waals surface area (Å²) in [5, 5.41) is 8.34. The number of benzene rings is 2. The van der Waals surface area contributed by atoms with Gasteiger partial charge in [0.05, 0.1) is 11.4 Å². The number of rotatable bonds is 2. The van der Waals surface area contributed by atoms with Crippen molar-refractivity contribution in [1.82, 2.24) is 0 Å². The first-order valence-electron chi connectivity index (χ1n) is 4.98. The molecule has 0 radical (unpaired) electrons. The van der Waals surface area contributed by atoms with Crippen LogP contribution in [0.25, 0.3) is 0 Å². The van der Waals surface area contributed by atoms with Gasteiger partial charge in [-0.3, -0.25) is 0 Å². The van der Waals surface area contributed by atoms with Crippen molar-refractivity contribution in [1.29, 1.82) is 0 Å². The summed E-state index contributed by atoms with van der Waals surface area (Å²) in [5.74, 6) is 0. The van der Waals surface area contributed by atoms with Crippen LogP contribution >= 0.6 is 15.9 Å². The van der Waals surface area contributed by atoms with E-state index in [1.165, 1.54) is 0 Å². The second-order valence-corrected chi connectivity index (χ2v) is 4.32. The Morgan fingerprint density at radius 3 is 2.25 bits per heavy atom. The van der Waals surface area contributed by atoms with Crippen molar-refractivity contribution in [3.05, 3.63) is 58.6 Å². The van der Waals surface area contributed by atoms with Crippen molar-refractivity contribution >= 4 is 27.3 Å². The van der Waals surface area contributed by atoms with E-state index in [1.807, 2.05) is 55.5 Å². The first kappa shape index (κ1) is 11.0. The van der Waals surface area contributed by atoms with Crippen LogP contribution in [0.2, 0.25) is 0 Å². The molecule has 0 aliphatic rings. The normalized spacial score (nSPS) is 10.9. The van der Waals surface area contributed by atoms with Gasteiger partial charge in [-0.1, -0.05) is 34.1 Å².